The highest BCUT2D eigenvalue weighted by Crippen LogP contribution is 2.33. The zero-order valence-electron chi connectivity index (χ0n) is 16.4. The zero-order chi connectivity index (χ0) is 19.2. The summed E-state index contributed by atoms with van der Waals surface area (Å²) in [6, 6.07) is 6.13. The van der Waals surface area contributed by atoms with Crippen LogP contribution in [0.25, 0.3) is 0 Å². The van der Waals surface area contributed by atoms with Crippen molar-refractivity contribution in [3.63, 3.8) is 0 Å². The van der Waals surface area contributed by atoms with Crippen LogP contribution in [0.2, 0.25) is 10.0 Å². The quantitative estimate of drug-likeness (QED) is 0.700. The molecule has 3 rings (SSSR count). The lowest BCUT2D eigenvalue weighted by Gasteiger charge is -2.37. The summed E-state index contributed by atoms with van der Waals surface area (Å²) in [6.07, 6.45) is 5.88. The lowest BCUT2D eigenvalue weighted by molar-refractivity contribution is 0.206. The minimum atomic E-state index is -0.0591. The first kappa shape index (κ1) is 23.4. The molecule has 1 saturated carbocycles. The summed E-state index contributed by atoms with van der Waals surface area (Å²) < 4.78 is 0. The molecule has 2 amide bonds. The molecule has 158 valence electrons. The lowest BCUT2D eigenvalue weighted by atomic mass is 9.84. The van der Waals surface area contributed by atoms with Crippen molar-refractivity contribution in [3.8, 4) is 0 Å². The Labute approximate surface area is 184 Å². The summed E-state index contributed by atoms with van der Waals surface area (Å²) in [5.74, 6) is 0.785. The van der Waals surface area contributed by atoms with Gasteiger partial charge in [0.1, 0.15) is 0 Å². The van der Waals surface area contributed by atoms with Crippen LogP contribution in [-0.4, -0.2) is 56.7 Å². The Kier molecular flexibility index (Phi) is 9.48. The van der Waals surface area contributed by atoms with E-state index in [1.807, 2.05) is 12.1 Å². The Hall–Kier alpha value is -0.880. The molecule has 0 unspecified atom stereocenters. The second-order valence-electron chi connectivity index (χ2n) is 7.63. The van der Waals surface area contributed by atoms with E-state index in [0.717, 1.165) is 57.2 Å². The van der Waals surface area contributed by atoms with Crippen LogP contribution in [0.3, 0.4) is 0 Å². The van der Waals surface area contributed by atoms with Gasteiger partial charge in [-0.1, -0.05) is 29.3 Å². The highest BCUT2D eigenvalue weighted by molar-refractivity contribution is 6.43. The monoisotopic (exact) mass is 448 g/mol. The van der Waals surface area contributed by atoms with Crippen molar-refractivity contribution in [2.45, 2.75) is 38.1 Å². The first-order chi connectivity index (χ1) is 13.1. The van der Waals surface area contributed by atoms with E-state index in [0.29, 0.717) is 16.1 Å². The number of amides is 2. The van der Waals surface area contributed by atoms with Crippen LogP contribution >= 0.6 is 35.6 Å². The van der Waals surface area contributed by atoms with Crippen LogP contribution in [0, 0.1) is 5.92 Å². The van der Waals surface area contributed by atoms with Gasteiger partial charge in [0.15, 0.2) is 0 Å². The van der Waals surface area contributed by atoms with Crippen LogP contribution in [0.4, 0.5) is 10.5 Å². The van der Waals surface area contributed by atoms with E-state index in [9.17, 15) is 4.79 Å². The highest BCUT2D eigenvalue weighted by Gasteiger charge is 2.24. The molecule has 28 heavy (non-hydrogen) atoms. The number of hydrogen-bond donors (Lipinski definition) is 2. The summed E-state index contributed by atoms with van der Waals surface area (Å²) in [5, 5.41) is 6.96. The SMILES string of the molecule is CNC(=O)NC1CCC(CCN2CCN(c3cccc(Cl)c3Cl)CC2)CC1.Cl. The van der Waals surface area contributed by atoms with Crippen LogP contribution in [-0.2, 0) is 0 Å². The van der Waals surface area contributed by atoms with Crippen molar-refractivity contribution in [1.29, 1.82) is 0 Å². The second kappa shape index (κ2) is 11.3. The minimum Gasteiger partial charge on any atom is -0.368 e. The predicted molar refractivity (Wildman–Crippen MR) is 120 cm³/mol. The van der Waals surface area contributed by atoms with Crippen molar-refractivity contribution < 1.29 is 4.79 Å². The first-order valence-corrected chi connectivity index (χ1v) is 10.7. The van der Waals surface area contributed by atoms with Gasteiger partial charge in [-0.05, 0) is 56.7 Å². The molecule has 1 heterocycles. The molecule has 8 heteroatoms. The largest absolute Gasteiger partial charge is 0.368 e. The topological polar surface area (TPSA) is 47.6 Å². The molecule has 0 radical (unpaired) electrons. The molecule has 5 nitrogen and oxygen atoms in total. The maximum atomic E-state index is 11.4. The molecular formula is C20H31Cl3N4O. The van der Waals surface area contributed by atoms with Gasteiger partial charge < -0.3 is 15.5 Å². The molecule has 0 atom stereocenters. The Morgan fingerprint density at radius 1 is 1.11 bits per heavy atom. The molecule has 2 fully saturated rings. The molecule has 1 saturated heterocycles. The maximum absolute atomic E-state index is 11.4. The molecular weight excluding hydrogens is 419 g/mol. The fraction of sp³-hybridized carbons (Fsp3) is 0.650. The summed E-state index contributed by atoms with van der Waals surface area (Å²) in [7, 11) is 1.67. The molecule has 0 bridgehead atoms. The van der Waals surface area contributed by atoms with E-state index in [1.54, 1.807) is 7.05 Å². The molecule has 1 aliphatic carbocycles. The Morgan fingerprint density at radius 2 is 1.79 bits per heavy atom. The Balaban J connectivity index is 0.00000280. The van der Waals surface area contributed by atoms with Gasteiger partial charge in [0.05, 0.1) is 15.7 Å². The van der Waals surface area contributed by atoms with E-state index in [1.165, 1.54) is 19.3 Å². The summed E-state index contributed by atoms with van der Waals surface area (Å²) in [4.78, 5) is 16.3. The Bertz CT molecular complexity index is 630. The average molecular weight is 450 g/mol. The lowest BCUT2D eigenvalue weighted by Crippen LogP contribution is -2.47. The van der Waals surface area contributed by atoms with Gasteiger partial charge in [0.25, 0.3) is 0 Å². The minimum absolute atomic E-state index is 0. The summed E-state index contributed by atoms with van der Waals surface area (Å²) in [6.45, 7) is 5.27. The fourth-order valence-corrected chi connectivity index (χ4v) is 4.58. The number of rotatable bonds is 5. The van der Waals surface area contributed by atoms with E-state index < -0.39 is 0 Å². The number of carbonyl (C=O) groups excluding carboxylic acids is 1. The van der Waals surface area contributed by atoms with Crippen LogP contribution in [0.1, 0.15) is 32.1 Å². The number of halogens is 3. The average Bonchev–Trinajstić information content (AvgIpc) is 2.70. The van der Waals surface area contributed by atoms with Crippen molar-refractivity contribution in [2.75, 3.05) is 44.7 Å². The van der Waals surface area contributed by atoms with Gasteiger partial charge in [-0.15, -0.1) is 12.4 Å². The number of piperazine rings is 1. The number of nitrogens with zero attached hydrogens (tertiary/aromatic N) is 2. The number of benzene rings is 1. The van der Waals surface area contributed by atoms with E-state index >= 15 is 0 Å². The van der Waals surface area contributed by atoms with Gasteiger partial charge in [-0.25, -0.2) is 4.79 Å². The van der Waals surface area contributed by atoms with Gasteiger partial charge in [0.2, 0.25) is 0 Å². The van der Waals surface area contributed by atoms with Crippen molar-refractivity contribution in [1.82, 2.24) is 15.5 Å². The highest BCUT2D eigenvalue weighted by atomic mass is 35.5. The third-order valence-corrected chi connectivity index (χ3v) is 6.72. The van der Waals surface area contributed by atoms with Crippen LogP contribution < -0.4 is 15.5 Å². The van der Waals surface area contributed by atoms with Crippen LogP contribution in [0.15, 0.2) is 18.2 Å². The molecule has 1 aromatic rings. The van der Waals surface area contributed by atoms with Crippen molar-refractivity contribution in [2.24, 2.45) is 5.92 Å². The van der Waals surface area contributed by atoms with E-state index in [4.69, 9.17) is 23.2 Å². The molecule has 0 spiro atoms. The number of urea groups is 1. The molecule has 1 aliphatic heterocycles. The van der Waals surface area contributed by atoms with Crippen LogP contribution in [0.5, 0.6) is 0 Å². The molecule has 0 aromatic heterocycles. The van der Waals surface area contributed by atoms with E-state index in [-0.39, 0.29) is 18.4 Å². The molecule has 2 N–H and O–H groups in total. The molecule has 2 aliphatic rings. The number of nitrogens with one attached hydrogen (secondary N) is 2. The van der Waals surface area contributed by atoms with Crippen molar-refractivity contribution >= 4 is 47.3 Å². The smallest absolute Gasteiger partial charge is 0.314 e. The predicted octanol–water partition coefficient (Wildman–Crippen LogP) is 4.42. The van der Waals surface area contributed by atoms with Gasteiger partial charge in [0, 0.05) is 39.3 Å². The number of carbonyl (C=O) groups is 1. The first-order valence-electron chi connectivity index (χ1n) is 9.96. The van der Waals surface area contributed by atoms with Gasteiger partial charge in [-0.3, -0.25) is 4.90 Å². The van der Waals surface area contributed by atoms with E-state index in [2.05, 4.69) is 26.5 Å². The van der Waals surface area contributed by atoms with Gasteiger partial charge >= 0.3 is 6.03 Å². The second-order valence-corrected chi connectivity index (χ2v) is 8.42. The Morgan fingerprint density at radius 3 is 2.43 bits per heavy atom. The third kappa shape index (κ3) is 6.31. The maximum Gasteiger partial charge on any atom is 0.314 e. The number of anilines is 1. The fourth-order valence-electron chi connectivity index (χ4n) is 4.17. The zero-order valence-corrected chi connectivity index (χ0v) is 18.8. The number of hydrogen-bond acceptors (Lipinski definition) is 3. The molecule has 1 aromatic carbocycles. The summed E-state index contributed by atoms with van der Waals surface area (Å²) >= 11 is 12.5. The van der Waals surface area contributed by atoms with Crippen molar-refractivity contribution in [3.05, 3.63) is 28.2 Å². The summed E-state index contributed by atoms with van der Waals surface area (Å²) in [5.41, 5.74) is 1.05. The normalized spacial score (nSPS) is 23.0. The standard InChI is InChI=1S/C20H30Cl2N4O.ClH/c1-23-20(27)24-16-7-5-15(6-8-16)9-10-25-11-13-26(14-12-25)18-4-2-3-17(21)19(18)22;/h2-4,15-16H,5-14H2,1H3,(H2,23,24,27);1H. The van der Waals surface area contributed by atoms with Gasteiger partial charge in [-0.2, -0.15) is 0 Å². The third-order valence-electron chi connectivity index (χ3n) is 5.91.